The van der Waals surface area contributed by atoms with Crippen molar-refractivity contribution >= 4 is 27.6 Å². The fraction of sp³-hybridized carbons (Fsp3) is 0.550. The lowest BCUT2D eigenvalue weighted by molar-refractivity contribution is -0.145. The van der Waals surface area contributed by atoms with Gasteiger partial charge in [-0.2, -0.15) is 4.31 Å². The molecule has 1 aliphatic rings. The van der Waals surface area contributed by atoms with E-state index in [1.807, 2.05) is 23.1 Å². The van der Waals surface area contributed by atoms with Crippen molar-refractivity contribution in [3.63, 3.8) is 0 Å². The highest BCUT2D eigenvalue weighted by molar-refractivity contribution is 7.89. The van der Waals surface area contributed by atoms with E-state index >= 15 is 0 Å². The quantitative estimate of drug-likeness (QED) is 0.543. The van der Waals surface area contributed by atoms with Gasteiger partial charge >= 0.3 is 5.97 Å². The highest BCUT2D eigenvalue weighted by Gasteiger charge is 2.40. The number of benzene rings is 1. The highest BCUT2D eigenvalue weighted by atomic mass is 35.5. The second-order valence-corrected chi connectivity index (χ2v) is 10.1. The first kappa shape index (κ1) is 23.6. The molecule has 9 nitrogen and oxygen atoms in total. The van der Waals surface area contributed by atoms with Crippen LogP contribution in [0.5, 0.6) is 0 Å². The Bertz CT molecular complexity index is 997. The number of hydrogen-bond acceptors (Lipinski definition) is 7. The molecule has 1 aromatic heterocycles. The Morgan fingerprint density at radius 2 is 2.13 bits per heavy atom. The first-order valence-electron chi connectivity index (χ1n) is 10.3. The average Bonchev–Trinajstić information content (AvgIpc) is 3.13. The van der Waals surface area contributed by atoms with Crippen LogP contribution in [0.25, 0.3) is 0 Å². The van der Waals surface area contributed by atoms with E-state index in [4.69, 9.17) is 16.3 Å². The monoisotopic (exact) mass is 469 g/mol. The van der Waals surface area contributed by atoms with Crippen molar-refractivity contribution in [3.05, 3.63) is 46.7 Å². The van der Waals surface area contributed by atoms with Crippen LogP contribution in [0.4, 0.5) is 0 Å². The zero-order valence-electron chi connectivity index (χ0n) is 17.8. The van der Waals surface area contributed by atoms with Crippen LogP contribution in [0.3, 0.4) is 0 Å². The van der Waals surface area contributed by atoms with Crippen LogP contribution < -0.4 is 0 Å². The Kier molecular flexibility index (Phi) is 8.04. The number of sulfonamides is 1. The number of halogens is 1. The van der Waals surface area contributed by atoms with Crippen LogP contribution in [0.2, 0.25) is 5.02 Å². The Labute approximate surface area is 188 Å². The standard InChI is InChI=1S/C20H28ClN5O4S/c1-3-4-8-24-9-10-31(28,29)26(19(15-24)20(27)30-2)14-18-13-25(23-22-18)12-16-6-5-7-17(21)11-16/h5-7,11,13,19H,3-4,8-10,12,14-15H2,1-2H3. The zero-order chi connectivity index (χ0) is 22.4. The molecule has 0 N–H and O–H groups in total. The van der Waals surface area contributed by atoms with Gasteiger partial charge in [-0.3, -0.25) is 4.79 Å². The minimum absolute atomic E-state index is 0.0424. The molecule has 0 spiro atoms. The van der Waals surface area contributed by atoms with Crippen molar-refractivity contribution in [2.24, 2.45) is 0 Å². The van der Waals surface area contributed by atoms with Gasteiger partial charge in [0.2, 0.25) is 10.0 Å². The molecule has 0 amide bonds. The molecular formula is C20H28ClN5O4S. The van der Waals surface area contributed by atoms with Crippen LogP contribution in [0.1, 0.15) is 31.0 Å². The van der Waals surface area contributed by atoms with Crippen LogP contribution in [-0.2, 0) is 32.6 Å². The number of rotatable bonds is 8. The lowest BCUT2D eigenvalue weighted by atomic mass is 10.2. The van der Waals surface area contributed by atoms with Gasteiger partial charge in [0, 0.05) is 18.1 Å². The SMILES string of the molecule is CCCCN1CCS(=O)(=O)N(Cc2cn(Cc3cccc(Cl)c3)nn2)C(C(=O)OC)C1. The summed E-state index contributed by atoms with van der Waals surface area (Å²) in [6.07, 6.45) is 3.61. The summed E-state index contributed by atoms with van der Waals surface area (Å²) in [5.74, 6) is -0.626. The summed E-state index contributed by atoms with van der Waals surface area (Å²) in [4.78, 5) is 14.5. The zero-order valence-corrected chi connectivity index (χ0v) is 19.3. The van der Waals surface area contributed by atoms with Crippen molar-refractivity contribution in [2.45, 2.75) is 38.9 Å². The van der Waals surface area contributed by atoms with Gasteiger partial charge in [0.15, 0.2) is 0 Å². The van der Waals surface area contributed by atoms with Gasteiger partial charge in [-0.1, -0.05) is 42.3 Å². The van der Waals surface area contributed by atoms with Gasteiger partial charge in [0.05, 0.1) is 37.8 Å². The summed E-state index contributed by atoms with van der Waals surface area (Å²) in [7, 11) is -2.41. The maximum Gasteiger partial charge on any atom is 0.325 e. The third-order valence-corrected chi connectivity index (χ3v) is 7.27. The topological polar surface area (TPSA) is 97.6 Å². The van der Waals surface area contributed by atoms with Crippen molar-refractivity contribution in [1.82, 2.24) is 24.2 Å². The van der Waals surface area contributed by atoms with Gasteiger partial charge in [-0.25, -0.2) is 13.1 Å². The van der Waals surface area contributed by atoms with E-state index in [1.165, 1.54) is 11.4 Å². The van der Waals surface area contributed by atoms with E-state index < -0.39 is 22.0 Å². The molecule has 0 bridgehead atoms. The summed E-state index contributed by atoms with van der Waals surface area (Å²) in [5, 5.41) is 8.85. The van der Waals surface area contributed by atoms with Crippen molar-refractivity contribution in [3.8, 4) is 0 Å². The van der Waals surface area contributed by atoms with Gasteiger partial charge < -0.3 is 9.64 Å². The first-order chi connectivity index (χ1) is 14.8. The third kappa shape index (κ3) is 6.25. The predicted octanol–water partition coefficient (Wildman–Crippen LogP) is 1.77. The molecule has 0 saturated carbocycles. The highest BCUT2D eigenvalue weighted by Crippen LogP contribution is 2.20. The lowest BCUT2D eigenvalue weighted by Gasteiger charge is -2.27. The van der Waals surface area contributed by atoms with Crippen LogP contribution >= 0.6 is 11.6 Å². The number of methoxy groups -OCH3 is 1. The second kappa shape index (κ2) is 10.5. The Morgan fingerprint density at radius 1 is 1.32 bits per heavy atom. The van der Waals surface area contributed by atoms with Gasteiger partial charge in [-0.05, 0) is 30.7 Å². The van der Waals surface area contributed by atoms with Crippen molar-refractivity contribution in [2.75, 3.05) is 32.5 Å². The van der Waals surface area contributed by atoms with Gasteiger partial charge in [0.25, 0.3) is 0 Å². The second-order valence-electron chi connectivity index (χ2n) is 7.59. The number of esters is 1. The first-order valence-corrected chi connectivity index (χ1v) is 12.2. The average molecular weight is 470 g/mol. The molecule has 1 fully saturated rings. The summed E-state index contributed by atoms with van der Waals surface area (Å²) in [6, 6.07) is 6.47. The molecule has 3 rings (SSSR count). The third-order valence-electron chi connectivity index (χ3n) is 5.24. The normalized spacial score (nSPS) is 19.8. The fourth-order valence-electron chi connectivity index (χ4n) is 3.57. The van der Waals surface area contributed by atoms with E-state index in [1.54, 1.807) is 16.9 Å². The molecular weight excluding hydrogens is 442 g/mol. The predicted molar refractivity (Wildman–Crippen MR) is 117 cm³/mol. The minimum atomic E-state index is -3.68. The van der Waals surface area contributed by atoms with Crippen molar-refractivity contribution < 1.29 is 17.9 Å². The molecule has 1 unspecified atom stereocenters. The van der Waals surface area contributed by atoms with Crippen LogP contribution in [-0.4, -0.2) is 77.1 Å². The summed E-state index contributed by atoms with van der Waals surface area (Å²) in [5.41, 5.74) is 1.41. The maximum absolute atomic E-state index is 13.0. The molecule has 0 aliphatic carbocycles. The van der Waals surface area contributed by atoms with E-state index in [-0.39, 0.29) is 12.3 Å². The summed E-state index contributed by atoms with van der Waals surface area (Å²) >= 11 is 6.03. The molecule has 31 heavy (non-hydrogen) atoms. The number of unbranched alkanes of at least 4 members (excludes halogenated alkanes) is 1. The Balaban J connectivity index is 1.80. The number of carbonyl (C=O) groups is 1. The smallest absolute Gasteiger partial charge is 0.325 e. The number of carbonyl (C=O) groups excluding carboxylic acids is 1. The largest absolute Gasteiger partial charge is 0.468 e. The van der Waals surface area contributed by atoms with Gasteiger partial charge in [-0.15, -0.1) is 5.10 Å². The van der Waals surface area contributed by atoms with Crippen LogP contribution in [0.15, 0.2) is 30.5 Å². The number of hydrogen-bond donors (Lipinski definition) is 0. The molecule has 1 aliphatic heterocycles. The molecule has 2 aromatic rings. The van der Waals surface area contributed by atoms with E-state index in [2.05, 4.69) is 17.2 Å². The van der Waals surface area contributed by atoms with Crippen molar-refractivity contribution in [1.29, 1.82) is 0 Å². The Hall–Kier alpha value is -2.01. The number of nitrogens with zero attached hydrogens (tertiary/aromatic N) is 5. The molecule has 0 radical (unpaired) electrons. The summed E-state index contributed by atoms with van der Waals surface area (Å²) in [6.45, 7) is 3.90. The van der Waals surface area contributed by atoms with E-state index in [9.17, 15) is 13.2 Å². The molecule has 1 atom stereocenters. The maximum atomic E-state index is 13.0. The fourth-order valence-corrected chi connectivity index (χ4v) is 5.38. The van der Waals surface area contributed by atoms with Crippen LogP contribution in [0, 0.1) is 0 Å². The summed E-state index contributed by atoms with van der Waals surface area (Å²) < 4.78 is 33.8. The molecule has 1 saturated heterocycles. The minimum Gasteiger partial charge on any atom is -0.468 e. The Morgan fingerprint density at radius 3 is 2.84 bits per heavy atom. The molecule has 2 heterocycles. The number of aromatic nitrogens is 3. The lowest BCUT2D eigenvalue weighted by Crippen LogP contribution is -2.48. The van der Waals surface area contributed by atoms with Gasteiger partial charge in [0.1, 0.15) is 6.04 Å². The molecule has 1 aromatic carbocycles. The van der Waals surface area contributed by atoms with E-state index in [0.717, 1.165) is 24.9 Å². The molecule has 170 valence electrons. The molecule has 11 heteroatoms. The number of ether oxygens (including phenoxy) is 1. The van der Waals surface area contributed by atoms with E-state index in [0.29, 0.717) is 30.4 Å².